The number of hydrogen-bond donors (Lipinski definition) is 1. The molecule has 0 aromatic carbocycles. The molecule has 1 amide bonds. The maximum absolute atomic E-state index is 12.0. The van der Waals surface area contributed by atoms with E-state index in [0.717, 1.165) is 23.7 Å². The smallest absolute Gasteiger partial charge is 0.267 e. The molecule has 0 aliphatic heterocycles. The van der Waals surface area contributed by atoms with E-state index in [1.54, 1.807) is 6.26 Å². The minimum absolute atomic E-state index is 0.0468. The van der Waals surface area contributed by atoms with Gasteiger partial charge in [0.05, 0.1) is 0 Å². The van der Waals surface area contributed by atoms with Crippen LogP contribution < -0.4 is 5.32 Å². The van der Waals surface area contributed by atoms with Crippen LogP contribution in [-0.4, -0.2) is 33.2 Å². The molecule has 0 saturated heterocycles. The topological polar surface area (TPSA) is 51.1 Å². The maximum atomic E-state index is 12.0. The fourth-order valence-corrected chi connectivity index (χ4v) is 2.84. The molecule has 0 radical (unpaired) electrons. The highest BCUT2D eigenvalue weighted by molar-refractivity contribution is 9.10. The van der Waals surface area contributed by atoms with Gasteiger partial charge in [-0.25, -0.2) is 0 Å². The number of amides is 1. The van der Waals surface area contributed by atoms with Gasteiger partial charge in [0.2, 0.25) is 0 Å². The van der Waals surface area contributed by atoms with Crippen LogP contribution in [0.4, 0.5) is 0 Å². The van der Waals surface area contributed by atoms with Crippen molar-refractivity contribution in [1.82, 2.24) is 9.88 Å². The Balaban J connectivity index is 1.90. The second kappa shape index (κ2) is 6.02. The lowest BCUT2D eigenvalue weighted by Gasteiger charge is -2.08. The lowest BCUT2D eigenvalue weighted by atomic mass is 10.3. The summed E-state index contributed by atoms with van der Waals surface area (Å²) in [5, 5.41) is 2.88. The number of rotatable bonds is 6. The number of hydrogen-bond acceptors (Lipinski definition) is 2. The van der Waals surface area contributed by atoms with Crippen LogP contribution in [-0.2, 0) is 10.8 Å². The van der Waals surface area contributed by atoms with Crippen LogP contribution in [0.2, 0.25) is 0 Å². The standard InChI is InChI=1S/C12H17BrN2O2S/c1-18(17)6-2-5-14-12(16)11-7-9(13)8-15(11)10-3-4-10/h7-8,10H,2-6H2,1H3,(H,14,16). The molecule has 0 spiro atoms. The summed E-state index contributed by atoms with van der Waals surface area (Å²) in [6, 6.07) is 2.34. The molecule has 1 aliphatic carbocycles. The van der Waals surface area contributed by atoms with Crippen molar-refractivity contribution in [2.24, 2.45) is 0 Å². The zero-order valence-corrected chi connectivity index (χ0v) is 12.7. The van der Waals surface area contributed by atoms with Crippen molar-refractivity contribution in [3.05, 3.63) is 22.4 Å². The Labute approximate surface area is 118 Å². The summed E-state index contributed by atoms with van der Waals surface area (Å²) in [4.78, 5) is 12.0. The Morgan fingerprint density at radius 2 is 2.33 bits per heavy atom. The third-order valence-electron chi connectivity index (χ3n) is 2.88. The van der Waals surface area contributed by atoms with Gasteiger partial charge < -0.3 is 9.88 Å². The number of nitrogens with one attached hydrogen (secondary N) is 1. The molecule has 1 aliphatic rings. The van der Waals surface area contributed by atoms with E-state index in [-0.39, 0.29) is 5.91 Å². The molecule has 6 heteroatoms. The fourth-order valence-electron chi connectivity index (χ4n) is 1.85. The predicted octanol–water partition coefficient (Wildman–Crippen LogP) is 2.08. The Hall–Kier alpha value is -0.620. The molecule has 1 N–H and O–H groups in total. The van der Waals surface area contributed by atoms with Crippen molar-refractivity contribution in [3.63, 3.8) is 0 Å². The SMILES string of the molecule is CS(=O)CCCNC(=O)c1cc(Br)cn1C1CC1. The average molecular weight is 333 g/mol. The minimum Gasteiger partial charge on any atom is -0.351 e. The second-order valence-electron chi connectivity index (χ2n) is 4.57. The number of carbonyl (C=O) groups excluding carboxylic acids is 1. The predicted molar refractivity (Wildman–Crippen MR) is 76.3 cm³/mol. The van der Waals surface area contributed by atoms with Crippen LogP contribution in [0.5, 0.6) is 0 Å². The molecule has 1 aromatic rings. The van der Waals surface area contributed by atoms with Gasteiger partial charge in [-0.15, -0.1) is 0 Å². The van der Waals surface area contributed by atoms with Gasteiger partial charge in [-0.1, -0.05) is 0 Å². The van der Waals surface area contributed by atoms with Crippen LogP contribution in [0.1, 0.15) is 35.8 Å². The minimum atomic E-state index is -0.786. The van der Waals surface area contributed by atoms with Gasteiger partial charge in [-0.05, 0) is 41.3 Å². The summed E-state index contributed by atoms with van der Waals surface area (Å²) in [5.41, 5.74) is 0.710. The number of carbonyl (C=O) groups is 1. The van der Waals surface area contributed by atoms with Crippen molar-refractivity contribution in [2.75, 3.05) is 18.6 Å². The van der Waals surface area contributed by atoms with E-state index < -0.39 is 10.8 Å². The van der Waals surface area contributed by atoms with Gasteiger partial charge in [0.1, 0.15) is 5.69 Å². The largest absolute Gasteiger partial charge is 0.351 e. The van der Waals surface area contributed by atoms with Crippen molar-refractivity contribution in [2.45, 2.75) is 25.3 Å². The van der Waals surface area contributed by atoms with Crippen LogP contribution in [0.25, 0.3) is 0 Å². The molecule has 1 saturated carbocycles. The highest BCUT2D eigenvalue weighted by atomic mass is 79.9. The van der Waals surface area contributed by atoms with E-state index in [2.05, 4.69) is 21.2 Å². The first-order valence-electron chi connectivity index (χ1n) is 6.03. The van der Waals surface area contributed by atoms with E-state index >= 15 is 0 Å². The third kappa shape index (κ3) is 3.68. The third-order valence-corrected chi connectivity index (χ3v) is 4.18. The first-order valence-corrected chi connectivity index (χ1v) is 8.55. The molecular formula is C12H17BrN2O2S. The number of nitrogens with zero attached hydrogens (tertiary/aromatic N) is 1. The van der Waals surface area contributed by atoms with Crippen molar-refractivity contribution in [1.29, 1.82) is 0 Å². The molecule has 100 valence electrons. The van der Waals surface area contributed by atoms with Gasteiger partial charge in [0.25, 0.3) is 5.91 Å². The van der Waals surface area contributed by atoms with E-state index in [0.29, 0.717) is 24.0 Å². The lowest BCUT2D eigenvalue weighted by Crippen LogP contribution is -2.27. The second-order valence-corrected chi connectivity index (χ2v) is 7.04. The fraction of sp³-hybridized carbons (Fsp3) is 0.583. The Morgan fingerprint density at radius 3 is 2.94 bits per heavy atom. The van der Waals surface area contributed by atoms with Gasteiger partial charge in [-0.3, -0.25) is 9.00 Å². The summed E-state index contributed by atoms with van der Waals surface area (Å²) in [5.74, 6) is 0.586. The van der Waals surface area contributed by atoms with Crippen LogP contribution in [0.15, 0.2) is 16.7 Å². The molecule has 1 aromatic heterocycles. The monoisotopic (exact) mass is 332 g/mol. The lowest BCUT2D eigenvalue weighted by molar-refractivity contribution is 0.0944. The average Bonchev–Trinajstić information content (AvgIpc) is 3.07. The van der Waals surface area contributed by atoms with Crippen molar-refractivity contribution >= 4 is 32.6 Å². The molecule has 1 unspecified atom stereocenters. The molecule has 1 fully saturated rings. The van der Waals surface area contributed by atoms with Gasteiger partial charge in [0, 0.05) is 46.1 Å². The summed E-state index contributed by atoms with van der Waals surface area (Å²) in [6.45, 7) is 0.575. The summed E-state index contributed by atoms with van der Waals surface area (Å²) < 4.78 is 13.9. The molecule has 4 nitrogen and oxygen atoms in total. The number of aromatic nitrogens is 1. The molecule has 2 rings (SSSR count). The Kier molecular flexibility index (Phi) is 4.61. The summed E-state index contributed by atoms with van der Waals surface area (Å²) in [7, 11) is -0.786. The zero-order valence-electron chi connectivity index (χ0n) is 10.3. The number of halogens is 1. The highest BCUT2D eigenvalue weighted by Gasteiger charge is 2.27. The zero-order chi connectivity index (χ0) is 13.1. The molecule has 1 atom stereocenters. The highest BCUT2D eigenvalue weighted by Crippen LogP contribution is 2.37. The first-order chi connectivity index (χ1) is 8.58. The Bertz CT molecular complexity index is 469. The summed E-state index contributed by atoms with van der Waals surface area (Å²) in [6.07, 6.45) is 6.69. The van der Waals surface area contributed by atoms with E-state index in [1.807, 2.05) is 16.8 Å². The van der Waals surface area contributed by atoms with Crippen LogP contribution in [0.3, 0.4) is 0 Å². The first kappa shape index (κ1) is 13.8. The van der Waals surface area contributed by atoms with Crippen LogP contribution >= 0.6 is 15.9 Å². The van der Waals surface area contributed by atoms with E-state index in [9.17, 15) is 9.00 Å². The van der Waals surface area contributed by atoms with Crippen molar-refractivity contribution < 1.29 is 9.00 Å². The van der Waals surface area contributed by atoms with E-state index in [4.69, 9.17) is 0 Å². The normalized spacial score (nSPS) is 16.6. The molecule has 0 bridgehead atoms. The summed E-state index contributed by atoms with van der Waals surface area (Å²) >= 11 is 3.41. The molecular weight excluding hydrogens is 316 g/mol. The van der Waals surface area contributed by atoms with E-state index in [1.165, 1.54) is 0 Å². The van der Waals surface area contributed by atoms with Gasteiger partial charge in [-0.2, -0.15) is 0 Å². The van der Waals surface area contributed by atoms with Gasteiger partial charge in [0.15, 0.2) is 0 Å². The van der Waals surface area contributed by atoms with Crippen molar-refractivity contribution in [3.8, 4) is 0 Å². The molecule has 1 heterocycles. The quantitative estimate of drug-likeness (QED) is 0.811. The van der Waals surface area contributed by atoms with Gasteiger partial charge >= 0.3 is 0 Å². The van der Waals surface area contributed by atoms with Crippen LogP contribution in [0, 0.1) is 0 Å². The maximum Gasteiger partial charge on any atom is 0.267 e. The molecule has 18 heavy (non-hydrogen) atoms. The Morgan fingerprint density at radius 1 is 1.61 bits per heavy atom.